The lowest BCUT2D eigenvalue weighted by Gasteiger charge is -2.08. The van der Waals surface area contributed by atoms with E-state index in [4.69, 9.17) is 18.9 Å². The molecule has 0 atom stereocenters. The van der Waals surface area contributed by atoms with E-state index in [-0.39, 0.29) is 5.97 Å². The summed E-state index contributed by atoms with van der Waals surface area (Å²) in [6.45, 7) is 4.66. The zero-order valence-corrected chi connectivity index (χ0v) is 12.6. The van der Waals surface area contributed by atoms with Gasteiger partial charge in [-0.15, -0.1) is 0 Å². The van der Waals surface area contributed by atoms with Gasteiger partial charge in [0.1, 0.15) is 19.0 Å². The Morgan fingerprint density at radius 3 is 2.19 bits per heavy atom. The largest absolute Gasteiger partial charge is 0.491 e. The van der Waals surface area contributed by atoms with E-state index in [1.165, 1.54) is 0 Å². The Hall–Kier alpha value is -1.59. The van der Waals surface area contributed by atoms with Gasteiger partial charge in [0.15, 0.2) is 0 Å². The van der Waals surface area contributed by atoms with Gasteiger partial charge in [0.2, 0.25) is 0 Å². The van der Waals surface area contributed by atoms with Gasteiger partial charge >= 0.3 is 5.97 Å². The maximum atomic E-state index is 11.1. The van der Waals surface area contributed by atoms with Crippen molar-refractivity contribution in [3.05, 3.63) is 30.3 Å². The van der Waals surface area contributed by atoms with Crippen molar-refractivity contribution >= 4 is 5.97 Å². The summed E-state index contributed by atoms with van der Waals surface area (Å²) in [5.74, 6) is 0.668. The van der Waals surface area contributed by atoms with E-state index in [1.807, 2.05) is 37.3 Å². The zero-order chi connectivity index (χ0) is 15.2. The molecular formula is C16H24O5. The highest BCUT2D eigenvalue weighted by Crippen LogP contribution is 2.07. The first-order valence-corrected chi connectivity index (χ1v) is 7.32. The van der Waals surface area contributed by atoms with Gasteiger partial charge in [-0.25, -0.2) is 0 Å². The van der Waals surface area contributed by atoms with Crippen molar-refractivity contribution in [2.24, 2.45) is 0 Å². The summed E-state index contributed by atoms with van der Waals surface area (Å²) >= 11 is 0. The van der Waals surface area contributed by atoms with E-state index >= 15 is 0 Å². The molecule has 0 spiro atoms. The summed E-state index contributed by atoms with van der Waals surface area (Å²) in [5.41, 5.74) is 0. The van der Waals surface area contributed by atoms with Crippen molar-refractivity contribution in [2.45, 2.75) is 19.8 Å². The first-order valence-electron chi connectivity index (χ1n) is 7.32. The van der Waals surface area contributed by atoms with E-state index in [0.717, 1.165) is 12.2 Å². The first-order chi connectivity index (χ1) is 10.3. The number of para-hydroxylation sites is 1. The van der Waals surface area contributed by atoms with E-state index in [2.05, 4.69) is 0 Å². The Morgan fingerprint density at radius 1 is 0.905 bits per heavy atom. The normalized spacial score (nSPS) is 10.3. The maximum absolute atomic E-state index is 11.1. The summed E-state index contributed by atoms with van der Waals surface area (Å²) in [4.78, 5) is 11.1. The minimum absolute atomic E-state index is 0.171. The Labute approximate surface area is 126 Å². The number of carbonyl (C=O) groups excluding carboxylic acids is 1. The van der Waals surface area contributed by atoms with Gasteiger partial charge in [-0.05, 0) is 18.6 Å². The van der Waals surface area contributed by atoms with Crippen LogP contribution in [0.15, 0.2) is 30.3 Å². The molecule has 0 amide bonds. The molecule has 0 aromatic heterocycles. The predicted molar refractivity (Wildman–Crippen MR) is 79.4 cm³/mol. The number of rotatable bonds is 12. The molecule has 5 nitrogen and oxygen atoms in total. The predicted octanol–water partition coefficient (Wildman–Crippen LogP) is 2.44. The van der Waals surface area contributed by atoms with Crippen LogP contribution in [0.4, 0.5) is 0 Å². The monoisotopic (exact) mass is 296 g/mol. The third-order valence-electron chi connectivity index (χ3n) is 2.56. The molecule has 0 saturated heterocycles. The summed E-state index contributed by atoms with van der Waals surface area (Å²) in [6, 6.07) is 9.61. The van der Waals surface area contributed by atoms with Crippen LogP contribution in [0.2, 0.25) is 0 Å². The molecule has 118 valence electrons. The Bertz CT molecular complexity index is 366. The quantitative estimate of drug-likeness (QED) is 0.438. The molecule has 21 heavy (non-hydrogen) atoms. The van der Waals surface area contributed by atoms with Crippen molar-refractivity contribution in [1.29, 1.82) is 0 Å². The smallest absolute Gasteiger partial charge is 0.305 e. The van der Waals surface area contributed by atoms with Gasteiger partial charge in [-0.3, -0.25) is 4.79 Å². The van der Waals surface area contributed by atoms with E-state index < -0.39 is 0 Å². The van der Waals surface area contributed by atoms with Crippen LogP contribution >= 0.6 is 0 Å². The molecule has 0 bridgehead atoms. The summed E-state index contributed by atoms with van der Waals surface area (Å²) in [7, 11) is 0. The van der Waals surface area contributed by atoms with Gasteiger partial charge in [0.05, 0.1) is 26.4 Å². The fourth-order valence-electron chi connectivity index (χ4n) is 1.55. The highest BCUT2D eigenvalue weighted by Gasteiger charge is 1.99. The molecule has 1 aromatic rings. The Balaban J connectivity index is 1.82. The van der Waals surface area contributed by atoms with Crippen LogP contribution in [-0.4, -0.2) is 45.6 Å². The van der Waals surface area contributed by atoms with Gasteiger partial charge in [0, 0.05) is 6.42 Å². The lowest BCUT2D eigenvalue weighted by Crippen LogP contribution is -2.14. The van der Waals surface area contributed by atoms with Crippen molar-refractivity contribution in [3.8, 4) is 5.75 Å². The van der Waals surface area contributed by atoms with Gasteiger partial charge in [0.25, 0.3) is 0 Å². The number of benzene rings is 1. The SMILES string of the molecule is CCCC(=O)OCCOCCOCCOc1ccccc1. The average Bonchev–Trinajstić information content (AvgIpc) is 2.50. The van der Waals surface area contributed by atoms with Crippen LogP contribution in [0.25, 0.3) is 0 Å². The lowest BCUT2D eigenvalue weighted by atomic mass is 10.3. The molecule has 5 heteroatoms. The lowest BCUT2D eigenvalue weighted by molar-refractivity contribution is -0.145. The van der Waals surface area contributed by atoms with Crippen molar-refractivity contribution in [2.75, 3.05) is 39.6 Å². The minimum Gasteiger partial charge on any atom is -0.491 e. The Morgan fingerprint density at radius 2 is 1.52 bits per heavy atom. The average molecular weight is 296 g/mol. The van der Waals surface area contributed by atoms with Crippen LogP contribution in [0.5, 0.6) is 5.75 Å². The minimum atomic E-state index is -0.171. The molecule has 0 aliphatic heterocycles. The molecule has 0 unspecified atom stereocenters. The second-order valence-corrected chi connectivity index (χ2v) is 4.36. The molecule has 0 aliphatic rings. The van der Waals surface area contributed by atoms with Crippen molar-refractivity contribution in [1.82, 2.24) is 0 Å². The first kappa shape index (κ1) is 17.5. The molecule has 0 aliphatic carbocycles. The summed E-state index contributed by atoms with van der Waals surface area (Å²) < 4.78 is 21.1. The number of hydrogen-bond acceptors (Lipinski definition) is 5. The standard InChI is InChI=1S/C16H24O5/c1-2-6-16(17)21-14-12-19-10-9-18-11-13-20-15-7-4-3-5-8-15/h3-5,7-8H,2,6,9-14H2,1H3. The molecule has 0 fully saturated rings. The van der Waals surface area contributed by atoms with Crippen LogP contribution in [0, 0.1) is 0 Å². The van der Waals surface area contributed by atoms with E-state index in [9.17, 15) is 4.79 Å². The van der Waals surface area contributed by atoms with E-state index in [0.29, 0.717) is 46.1 Å². The van der Waals surface area contributed by atoms with Crippen molar-refractivity contribution < 1.29 is 23.7 Å². The molecule has 0 radical (unpaired) electrons. The molecular weight excluding hydrogens is 272 g/mol. The second-order valence-electron chi connectivity index (χ2n) is 4.36. The zero-order valence-electron chi connectivity index (χ0n) is 12.6. The van der Waals surface area contributed by atoms with Gasteiger partial charge in [-0.1, -0.05) is 25.1 Å². The van der Waals surface area contributed by atoms with E-state index in [1.54, 1.807) is 0 Å². The number of carbonyl (C=O) groups is 1. The highest BCUT2D eigenvalue weighted by atomic mass is 16.6. The number of ether oxygens (including phenoxy) is 4. The van der Waals surface area contributed by atoms with Crippen LogP contribution in [0.1, 0.15) is 19.8 Å². The fourth-order valence-corrected chi connectivity index (χ4v) is 1.55. The van der Waals surface area contributed by atoms with Crippen molar-refractivity contribution in [3.63, 3.8) is 0 Å². The molecule has 1 rings (SSSR count). The van der Waals surface area contributed by atoms with Crippen LogP contribution < -0.4 is 4.74 Å². The number of esters is 1. The summed E-state index contributed by atoms with van der Waals surface area (Å²) in [5, 5.41) is 0. The molecule has 0 saturated carbocycles. The number of hydrogen-bond donors (Lipinski definition) is 0. The van der Waals surface area contributed by atoms with Crippen LogP contribution in [-0.2, 0) is 19.0 Å². The molecule has 0 heterocycles. The maximum Gasteiger partial charge on any atom is 0.305 e. The summed E-state index contributed by atoms with van der Waals surface area (Å²) in [6.07, 6.45) is 1.27. The second kappa shape index (κ2) is 12.2. The fraction of sp³-hybridized carbons (Fsp3) is 0.562. The van der Waals surface area contributed by atoms with Gasteiger partial charge < -0.3 is 18.9 Å². The molecule has 0 N–H and O–H groups in total. The third kappa shape index (κ3) is 9.87. The third-order valence-corrected chi connectivity index (χ3v) is 2.56. The van der Waals surface area contributed by atoms with Gasteiger partial charge in [-0.2, -0.15) is 0 Å². The molecule has 1 aromatic carbocycles. The topological polar surface area (TPSA) is 54.0 Å². The highest BCUT2D eigenvalue weighted by molar-refractivity contribution is 5.69. The Kier molecular flexibility index (Phi) is 10.1. The van der Waals surface area contributed by atoms with Crippen LogP contribution in [0.3, 0.4) is 0 Å².